The lowest BCUT2D eigenvalue weighted by molar-refractivity contribution is 0.190. The Labute approximate surface area is 59.5 Å². The highest BCUT2D eigenvalue weighted by Gasteiger charge is 1.98. The van der Waals surface area contributed by atoms with E-state index in [9.17, 15) is 0 Å². The van der Waals surface area contributed by atoms with Crippen LogP contribution in [0.1, 0.15) is 18.9 Å². The van der Waals surface area contributed by atoms with Crippen molar-refractivity contribution >= 4 is 12.4 Å². The molecule has 1 atom stereocenters. The molecular weight excluding hydrogens is 140 g/mol. The van der Waals surface area contributed by atoms with Crippen LogP contribution in [0.15, 0.2) is 12.4 Å². The van der Waals surface area contributed by atoms with Gasteiger partial charge >= 0.3 is 0 Å². The van der Waals surface area contributed by atoms with Gasteiger partial charge in [-0.3, -0.25) is 0 Å². The smallest absolute Gasteiger partial charge is 0.134 e. The van der Waals surface area contributed by atoms with E-state index in [1.54, 1.807) is 19.3 Å². The number of aliphatic hydroxyl groups excluding tert-OH is 1. The number of hydrogen-bond acceptors (Lipinski definition) is 2. The third kappa shape index (κ3) is 2.03. The van der Waals surface area contributed by atoms with Gasteiger partial charge in [-0.25, -0.2) is 4.98 Å². The Balaban J connectivity index is 0.000000640. The minimum absolute atomic E-state index is 0. The second kappa shape index (κ2) is 3.48. The van der Waals surface area contributed by atoms with Gasteiger partial charge in [0.2, 0.25) is 0 Å². The van der Waals surface area contributed by atoms with Crippen LogP contribution in [0.5, 0.6) is 0 Å². The molecule has 0 fully saturated rings. The van der Waals surface area contributed by atoms with Gasteiger partial charge in [0.05, 0.1) is 0 Å². The van der Waals surface area contributed by atoms with Gasteiger partial charge in [0.25, 0.3) is 0 Å². The second-order valence-corrected chi connectivity index (χ2v) is 1.65. The molecule has 1 aromatic rings. The lowest BCUT2D eigenvalue weighted by Gasteiger charge is -1.94. The van der Waals surface area contributed by atoms with Crippen LogP contribution in [-0.2, 0) is 0 Å². The predicted octanol–water partition coefficient (Wildman–Crippen LogP) is 0.885. The van der Waals surface area contributed by atoms with Crippen molar-refractivity contribution in [1.29, 1.82) is 0 Å². The van der Waals surface area contributed by atoms with E-state index in [0.29, 0.717) is 5.82 Å². The fourth-order valence-corrected chi connectivity index (χ4v) is 0.506. The molecule has 3 nitrogen and oxygen atoms in total. The Morgan fingerprint density at radius 2 is 2.44 bits per heavy atom. The largest absolute Gasteiger partial charge is 0.385 e. The van der Waals surface area contributed by atoms with Crippen LogP contribution in [0.25, 0.3) is 0 Å². The van der Waals surface area contributed by atoms with E-state index in [1.807, 2.05) is 0 Å². The fraction of sp³-hybridized carbons (Fsp3) is 0.400. The third-order valence-electron chi connectivity index (χ3n) is 0.915. The first-order valence-electron chi connectivity index (χ1n) is 2.48. The van der Waals surface area contributed by atoms with Gasteiger partial charge in [0.1, 0.15) is 11.9 Å². The molecule has 1 heterocycles. The predicted molar refractivity (Wildman–Crippen MR) is 36.5 cm³/mol. The topological polar surface area (TPSA) is 48.9 Å². The van der Waals surface area contributed by atoms with Gasteiger partial charge in [0, 0.05) is 12.4 Å². The van der Waals surface area contributed by atoms with Crippen molar-refractivity contribution in [2.24, 2.45) is 0 Å². The first-order chi connectivity index (χ1) is 3.80. The van der Waals surface area contributed by atoms with E-state index in [-0.39, 0.29) is 12.4 Å². The quantitative estimate of drug-likeness (QED) is 0.622. The van der Waals surface area contributed by atoms with Crippen LogP contribution < -0.4 is 0 Å². The van der Waals surface area contributed by atoms with Crippen molar-refractivity contribution in [3.05, 3.63) is 18.2 Å². The number of imidazole rings is 1. The van der Waals surface area contributed by atoms with Crippen LogP contribution in [0.2, 0.25) is 0 Å². The summed E-state index contributed by atoms with van der Waals surface area (Å²) in [6.07, 6.45) is 2.81. The molecule has 0 aliphatic carbocycles. The van der Waals surface area contributed by atoms with Crippen molar-refractivity contribution in [3.8, 4) is 0 Å². The first kappa shape index (κ1) is 8.46. The van der Waals surface area contributed by atoms with Gasteiger partial charge in [-0.2, -0.15) is 0 Å². The van der Waals surface area contributed by atoms with E-state index in [2.05, 4.69) is 9.97 Å². The summed E-state index contributed by atoms with van der Waals surface area (Å²) in [4.78, 5) is 6.59. The maximum atomic E-state index is 8.82. The van der Waals surface area contributed by atoms with Crippen LogP contribution in [-0.4, -0.2) is 15.1 Å². The molecule has 9 heavy (non-hydrogen) atoms. The Morgan fingerprint density at radius 1 is 1.78 bits per heavy atom. The number of aromatic amines is 1. The van der Waals surface area contributed by atoms with E-state index in [1.165, 1.54) is 0 Å². The standard InChI is InChI=1S/C5H8N2O.ClH/c1-4(8)5-6-2-3-7-5;/h2-4,8H,1H3,(H,6,7);1H. The lowest BCUT2D eigenvalue weighted by atomic mass is 10.4. The molecule has 0 amide bonds. The molecule has 0 aliphatic rings. The summed E-state index contributed by atoms with van der Waals surface area (Å²) in [5.41, 5.74) is 0. The van der Waals surface area contributed by atoms with Gasteiger partial charge in [-0.1, -0.05) is 0 Å². The minimum Gasteiger partial charge on any atom is -0.385 e. The molecule has 52 valence electrons. The molecule has 0 bridgehead atoms. The molecule has 0 saturated heterocycles. The number of aromatic nitrogens is 2. The lowest BCUT2D eigenvalue weighted by Crippen LogP contribution is -1.91. The first-order valence-corrected chi connectivity index (χ1v) is 2.48. The highest BCUT2D eigenvalue weighted by atomic mass is 35.5. The van der Waals surface area contributed by atoms with Gasteiger partial charge in [0.15, 0.2) is 0 Å². The molecule has 0 spiro atoms. The number of H-pyrrole nitrogens is 1. The highest BCUT2D eigenvalue weighted by molar-refractivity contribution is 5.85. The number of hydrogen-bond donors (Lipinski definition) is 2. The highest BCUT2D eigenvalue weighted by Crippen LogP contribution is 2.01. The molecule has 0 radical (unpaired) electrons. The zero-order valence-corrected chi connectivity index (χ0v) is 5.85. The summed E-state index contributed by atoms with van der Waals surface area (Å²) in [5.74, 6) is 0.616. The molecule has 0 aliphatic heterocycles. The maximum Gasteiger partial charge on any atom is 0.134 e. The van der Waals surface area contributed by atoms with Crippen LogP contribution >= 0.6 is 12.4 Å². The number of halogens is 1. The number of rotatable bonds is 1. The van der Waals surface area contributed by atoms with Crippen LogP contribution in [0.3, 0.4) is 0 Å². The number of aliphatic hydroxyl groups is 1. The average Bonchev–Trinajstić information content (AvgIpc) is 2.12. The Morgan fingerprint density at radius 3 is 2.67 bits per heavy atom. The third-order valence-corrected chi connectivity index (χ3v) is 0.915. The van der Waals surface area contributed by atoms with E-state index in [4.69, 9.17) is 5.11 Å². The van der Waals surface area contributed by atoms with Gasteiger partial charge in [-0.15, -0.1) is 12.4 Å². The summed E-state index contributed by atoms with van der Waals surface area (Å²) in [5, 5.41) is 8.82. The fourth-order valence-electron chi connectivity index (χ4n) is 0.506. The van der Waals surface area contributed by atoms with Crippen LogP contribution in [0, 0.1) is 0 Å². The number of nitrogens with zero attached hydrogens (tertiary/aromatic N) is 1. The van der Waals surface area contributed by atoms with Gasteiger partial charge in [-0.05, 0) is 6.92 Å². The molecule has 1 aromatic heterocycles. The average molecular weight is 149 g/mol. The SMILES string of the molecule is CC(O)c1ncc[nH]1.Cl. The maximum absolute atomic E-state index is 8.82. The molecule has 4 heteroatoms. The van der Waals surface area contributed by atoms with Gasteiger partial charge < -0.3 is 10.1 Å². The van der Waals surface area contributed by atoms with Crippen LogP contribution in [0.4, 0.5) is 0 Å². The summed E-state index contributed by atoms with van der Waals surface area (Å²) < 4.78 is 0. The van der Waals surface area contributed by atoms with Crippen molar-refractivity contribution in [2.45, 2.75) is 13.0 Å². The second-order valence-electron chi connectivity index (χ2n) is 1.65. The summed E-state index contributed by atoms with van der Waals surface area (Å²) in [6.45, 7) is 1.67. The zero-order valence-electron chi connectivity index (χ0n) is 5.03. The monoisotopic (exact) mass is 148 g/mol. The normalized spacial score (nSPS) is 12.2. The zero-order chi connectivity index (χ0) is 5.98. The Bertz CT molecular complexity index is 150. The summed E-state index contributed by atoms with van der Waals surface area (Å²) in [7, 11) is 0. The van der Waals surface area contributed by atoms with Crippen molar-refractivity contribution in [3.63, 3.8) is 0 Å². The van der Waals surface area contributed by atoms with E-state index >= 15 is 0 Å². The van der Waals surface area contributed by atoms with E-state index in [0.717, 1.165) is 0 Å². The molecule has 1 unspecified atom stereocenters. The molecule has 0 saturated carbocycles. The summed E-state index contributed by atoms with van der Waals surface area (Å²) in [6, 6.07) is 0. The Kier molecular flexibility index (Phi) is 3.27. The van der Waals surface area contributed by atoms with Crippen molar-refractivity contribution in [1.82, 2.24) is 9.97 Å². The minimum atomic E-state index is -0.481. The molecular formula is C5H9ClN2O. The Hall–Kier alpha value is -0.540. The summed E-state index contributed by atoms with van der Waals surface area (Å²) >= 11 is 0. The number of nitrogens with one attached hydrogen (secondary N) is 1. The van der Waals surface area contributed by atoms with Crippen molar-refractivity contribution in [2.75, 3.05) is 0 Å². The van der Waals surface area contributed by atoms with Crippen molar-refractivity contribution < 1.29 is 5.11 Å². The molecule has 2 N–H and O–H groups in total. The van der Waals surface area contributed by atoms with E-state index < -0.39 is 6.10 Å². The molecule has 1 rings (SSSR count). The molecule has 0 aromatic carbocycles.